The Morgan fingerprint density at radius 2 is 2.25 bits per heavy atom. The Balaban J connectivity index is 1.59. The highest BCUT2D eigenvalue weighted by Crippen LogP contribution is 2.61. The Kier molecular flexibility index (Phi) is 3.63. The van der Waals surface area contributed by atoms with Crippen molar-refractivity contribution in [3.63, 3.8) is 0 Å². The van der Waals surface area contributed by atoms with Crippen molar-refractivity contribution in [2.75, 3.05) is 24.1 Å². The van der Waals surface area contributed by atoms with Crippen LogP contribution in [0.2, 0.25) is 0 Å². The molecule has 0 radical (unpaired) electrons. The van der Waals surface area contributed by atoms with Crippen LogP contribution in [-0.4, -0.2) is 19.0 Å². The van der Waals surface area contributed by atoms with E-state index in [1.54, 1.807) is 0 Å². The molecule has 2 aliphatic carbocycles. The molecular weight excluding hydrogens is 270 g/mol. The first-order chi connectivity index (χ1) is 9.64. The van der Waals surface area contributed by atoms with E-state index in [4.69, 9.17) is 5.73 Å². The van der Waals surface area contributed by atoms with Crippen LogP contribution in [0, 0.1) is 11.3 Å². The lowest BCUT2D eigenvalue weighted by molar-refractivity contribution is 0.0958. The zero-order valence-corrected chi connectivity index (χ0v) is 12.8. The highest BCUT2D eigenvalue weighted by atomic mass is 32.1. The third kappa shape index (κ3) is 2.77. The van der Waals surface area contributed by atoms with Crippen molar-refractivity contribution in [2.24, 2.45) is 11.3 Å². The summed E-state index contributed by atoms with van der Waals surface area (Å²) in [5, 5.41) is 7.40. The fourth-order valence-electron chi connectivity index (χ4n) is 2.84. The zero-order chi connectivity index (χ0) is 14.2. The number of hydrogen-bond donors (Lipinski definition) is 3. The van der Waals surface area contributed by atoms with Gasteiger partial charge in [0.1, 0.15) is 4.88 Å². The van der Waals surface area contributed by atoms with Gasteiger partial charge in [0.2, 0.25) is 0 Å². The average Bonchev–Trinajstić information content (AvgIpc) is 3.32. The Morgan fingerprint density at radius 1 is 1.50 bits per heavy atom. The Bertz CT molecular complexity index is 503. The molecule has 0 unspecified atom stereocenters. The molecule has 2 aliphatic rings. The highest BCUT2D eigenvalue weighted by Gasteiger charge is 2.53. The summed E-state index contributed by atoms with van der Waals surface area (Å²) >= 11 is 1.47. The molecule has 0 aromatic carbocycles. The number of carbonyl (C=O) groups excluding carboxylic acids is 1. The molecule has 0 saturated heterocycles. The number of nitrogens with two attached hydrogens (primary N) is 1. The van der Waals surface area contributed by atoms with Crippen molar-refractivity contribution in [1.82, 2.24) is 5.32 Å². The summed E-state index contributed by atoms with van der Waals surface area (Å²) in [6, 6.07) is 1.90. The minimum atomic E-state index is -0.0503. The van der Waals surface area contributed by atoms with Gasteiger partial charge in [-0.15, -0.1) is 11.3 Å². The predicted molar refractivity (Wildman–Crippen MR) is 84.2 cm³/mol. The van der Waals surface area contributed by atoms with Crippen LogP contribution in [0.25, 0.3) is 0 Å². The van der Waals surface area contributed by atoms with Gasteiger partial charge in [-0.05, 0) is 49.5 Å². The summed E-state index contributed by atoms with van der Waals surface area (Å²) in [4.78, 5) is 12.6. The lowest BCUT2D eigenvalue weighted by Gasteiger charge is -2.14. The van der Waals surface area contributed by atoms with E-state index >= 15 is 0 Å². The molecule has 20 heavy (non-hydrogen) atoms. The van der Waals surface area contributed by atoms with Crippen molar-refractivity contribution in [3.05, 3.63) is 10.9 Å². The zero-order valence-electron chi connectivity index (χ0n) is 12.0. The molecule has 0 aliphatic heterocycles. The van der Waals surface area contributed by atoms with Gasteiger partial charge < -0.3 is 16.4 Å². The van der Waals surface area contributed by atoms with E-state index in [-0.39, 0.29) is 5.91 Å². The standard InChI is InChI=1S/C15H23N3OS/c1-2-7-17-14(19)13-11(16)8-12(20-13)18-9-15(5-6-15)10-3-4-10/h8,10,18H,2-7,9,16H2,1H3,(H,17,19). The third-order valence-electron chi connectivity index (χ3n) is 4.45. The summed E-state index contributed by atoms with van der Waals surface area (Å²) in [6.45, 7) is 3.77. The number of nitrogens with one attached hydrogen (secondary N) is 2. The maximum atomic E-state index is 12.0. The van der Waals surface area contributed by atoms with E-state index in [1.807, 2.05) is 13.0 Å². The van der Waals surface area contributed by atoms with Gasteiger partial charge in [-0.2, -0.15) is 0 Å². The predicted octanol–water partition coefficient (Wildman–Crippen LogP) is 3.07. The molecule has 5 heteroatoms. The maximum absolute atomic E-state index is 12.0. The minimum absolute atomic E-state index is 0.0503. The van der Waals surface area contributed by atoms with Crippen molar-refractivity contribution in [1.29, 1.82) is 0 Å². The summed E-state index contributed by atoms with van der Waals surface area (Å²) in [7, 11) is 0. The fraction of sp³-hybridized carbons (Fsp3) is 0.667. The summed E-state index contributed by atoms with van der Waals surface area (Å²) < 4.78 is 0. The van der Waals surface area contributed by atoms with Crippen molar-refractivity contribution >= 4 is 27.9 Å². The number of anilines is 2. The average molecular weight is 293 g/mol. The van der Waals surface area contributed by atoms with Crippen LogP contribution in [0.5, 0.6) is 0 Å². The van der Waals surface area contributed by atoms with E-state index in [1.165, 1.54) is 37.0 Å². The quantitative estimate of drug-likeness (QED) is 0.724. The Labute approximate surface area is 124 Å². The molecule has 2 saturated carbocycles. The second kappa shape index (κ2) is 5.28. The first kappa shape index (κ1) is 13.7. The smallest absolute Gasteiger partial charge is 0.263 e. The number of thiophene rings is 1. The molecule has 1 heterocycles. The van der Waals surface area contributed by atoms with Gasteiger partial charge in [0.25, 0.3) is 5.91 Å². The van der Waals surface area contributed by atoms with E-state index in [2.05, 4.69) is 10.6 Å². The molecule has 1 aromatic rings. The van der Waals surface area contributed by atoms with E-state index < -0.39 is 0 Å². The molecule has 0 atom stereocenters. The van der Waals surface area contributed by atoms with Crippen molar-refractivity contribution in [2.45, 2.75) is 39.0 Å². The molecule has 2 fully saturated rings. The van der Waals surface area contributed by atoms with Gasteiger partial charge >= 0.3 is 0 Å². The second-order valence-electron chi connectivity index (χ2n) is 6.14. The Morgan fingerprint density at radius 3 is 2.85 bits per heavy atom. The normalized spacial score (nSPS) is 19.6. The van der Waals surface area contributed by atoms with Gasteiger partial charge in [-0.25, -0.2) is 0 Å². The summed E-state index contributed by atoms with van der Waals surface area (Å²) in [5.74, 6) is 0.894. The molecular formula is C15H23N3OS. The molecule has 1 aromatic heterocycles. The molecule has 3 rings (SSSR count). The molecule has 4 N–H and O–H groups in total. The van der Waals surface area contributed by atoms with Crippen LogP contribution in [0.3, 0.4) is 0 Å². The summed E-state index contributed by atoms with van der Waals surface area (Å²) in [6.07, 6.45) is 6.45. The number of nitrogen functional groups attached to an aromatic ring is 1. The second-order valence-corrected chi connectivity index (χ2v) is 7.19. The first-order valence-corrected chi connectivity index (χ1v) is 8.37. The Hall–Kier alpha value is -1.23. The lowest BCUT2D eigenvalue weighted by atomic mass is 10.0. The molecule has 4 nitrogen and oxygen atoms in total. The monoisotopic (exact) mass is 293 g/mol. The van der Waals surface area contributed by atoms with Crippen LogP contribution in [0.1, 0.15) is 48.7 Å². The van der Waals surface area contributed by atoms with E-state index in [9.17, 15) is 4.79 Å². The van der Waals surface area contributed by atoms with Crippen LogP contribution in [0.4, 0.5) is 10.7 Å². The number of amides is 1. The van der Waals surface area contributed by atoms with Crippen molar-refractivity contribution in [3.8, 4) is 0 Å². The van der Waals surface area contributed by atoms with E-state index in [0.717, 1.165) is 23.9 Å². The van der Waals surface area contributed by atoms with Crippen LogP contribution in [0.15, 0.2) is 6.07 Å². The summed E-state index contributed by atoms with van der Waals surface area (Å²) in [5.41, 5.74) is 7.10. The minimum Gasteiger partial charge on any atom is -0.397 e. The van der Waals surface area contributed by atoms with E-state index in [0.29, 0.717) is 22.5 Å². The van der Waals surface area contributed by atoms with Crippen molar-refractivity contribution < 1.29 is 4.79 Å². The lowest BCUT2D eigenvalue weighted by Crippen LogP contribution is -2.23. The van der Waals surface area contributed by atoms with Gasteiger partial charge in [0.05, 0.1) is 10.7 Å². The van der Waals surface area contributed by atoms with Crippen LogP contribution >= 0.6 is 11.3 Å². The molecule has 1 amide bonds. The molecule has 110 valence electrons. The fourth-order valence-corrected chi connectivity index (χ4v) is 3.73. The van der Waals surface area contributed by atoms with Gasteiger partial charge in [0, 0.05) is 13.1 Å². The largest absolute Gasteiger partial charge is 0.397 e. The number of rotatable bonds is 7. The maximum Gasteiger partial charge on any atom is 0.263 e. The van der Waals surface area contributed by atoms with Crippen LogP contribution in [-0.2, 0) is 0 Å². The van der Waals surface area contributed by atoms with Gasteiger partial charge in [-0.3, -0.25) is 4.79 Å². The first-order valence-electron chi connectivity index (χ1n) is 7.56. The third-order valence-corrected chi connectivity index (χ3v) is 5.56. The molecule has 0 spiro atoms. The SMILES string of the molecule is CCCNC(=O)c1sc(NCC2(C3CC3)CC2)cc1N. The van der Waals surface area contributed by atoms with Gasteiger partial charge in [0.15, 0.2) is 0 Å². The van der Waals surface area contributed by atoms with Gasteiger partial charge in [-0.1, -0.05) is 6.92 Å². The number of carbonyl (C=O) groups is 1. The number of hydrogen-bond acceptors (Lipinski definition) is 4. The van der Waals surface area contributed by atoms with Crippen LogP contribution < -0.4 is 16.4 Å². The highest BCUT2D eigenvalue weighted by molar-refractivity contribution is 7.18. The topological polar surface area (TPSA) is 67.2 Å². The molecule has 0 bridgehead atoms.